The molecule has 0 radical (unpaired) electrons. The molecule has 2 aromatic carbocycles. The molecule has 0 amide bonds. The third-order valence-corrected chi connectivity index (χ3v) is 3.93. The zero-order valence-corrected chi connectivity index (χ0v) is 15.5. The number of hydrogen-bond acceptors (Lipinski definition) is 3. The second-order valence-electron chi connectivity index (χ2n) is 5.24. The zero-order valence-electron chi connectivity index (χ0n) is 15.5. The Hall–Kier alpha value is -2.29. The van der Waals surface area contributed by atoms with E-state index in [1.54, 1.807) is 0 Å². The Morgan fingerprint density at radius 3 is 2.17 bits per heavy atom. The Labute approximate surface area is 146 Å². The number of nitrogens with one attached hydrogen (secondary N) is 1. The van der Waals surface area contributed by atoms with Gasteiger partial charge in [-0.3, -0.25) is 0 Å². The summed E-state index contributed by atoms with van der Waals surface area (Å²) < 4.78 is 4.71. The van der Waals surface area contributed by atoms with Gasteiger partial charge in [0.1, 0.15) is 0 Å². The van der Waals surface area contributed by atoms with Crippen LogP contribution in [0.1, 0.15) is 47.8 Å². The molecule has 3 nitrogen and oxygen atoms in total. The van der Waals surface area contributed by atoms with Gasteiger partial charge in [-0.15, -0.1) is 0 Å². The van der Waals surface area contributed by atoms with E-state index in [1.807, 2.05) is 45.2 Å². The first-order valence-corrected chi connectivity index (χ1v) is 8.65. The molecule has 0 atom stereocenters. The summed E-state index contributed by atoms with van der Waals surface area (Å²) in [6.45, 7) is 6.17. The van der Waals surface area contributed by atoms with E-state index in [-0.39, 0.29) is 5.97 Å². The van der Waals surface area contributed by atoms with Gasteiger partial charge < -0.3 is 10.1 Å². The maximum atomic E-state index is 11.4. The molecule has 24 heavy (non-hydrogen) atoms. The van der Waals surface area contributed by atoms with Gasteiger partial charge in [-0.25, -0.2) is 4.79 Å². The topological polar surface area (TPSA) is 38.3 Å². The van der Waals surface area contributed by atoms with E-state index in [1.165, 1.54) is 29.5 Å². The fourth-order valence-corrected chi connectivity index (χ4v) is 2.68. The van der Waals surface area contributed by atoms with Gasteiger partial charge in [-0.2, -0.15) is 0 Å². The van der Waals surface area contributed by atoms with Crippen LogP contribution in [0.4, 0.5) is 5.69 Å². The minimum atomic E-state index is -0.292. The molecule has 3 heteroatoms. The first-order chi connectivity index (χ1) is 11.7. The molecule has 0 bridgehead atoms. The van der Waals surface area contributed by atoms with Crippen molar-refractivity contribution in [2.45, 2.75) is 40.0 Å². The first-order valence-electron chi connectivity index (χ1n) is 8.65. The minimum Gasteiger partial charge on any atom is -0.465 e. The molecule has 0 unspecified atom stereocenters. The molecule has 2 aromatic rings. The molecule has 0 heterocycles. The van der Waals surface area contributed by atoms with E-state index < -0.39 is 0 Å². The van der Waals surface area contributed by atoms with E-state index in [0.29, 0.717) is 5.56 Å². The number of aryl methyl sites for hydroxylation is 3. The van der Waals surface area contributed by atoms with Crippen molar-refractivity contribution < 1.29 is 9.53 Å². The van der Waals surface area contributed by atoms with Crippen molar-refractivity contribution in [3.05, 3.63) is 64.7 Å². The molecule has 0 saturated carbocycles. The van der Waals surface area contributed by atoms with Crippen LogP contribution < -0.4 is 5.32 Å². The highest BCUT2D eigenvalue weighted by Crippen LogP contribution is 2.23. The molecule has 0 spiro atoms. The van der Waals surface area contributed by atoms with Crippen LogP contribution in [0.5, 0.6) is 0 Å². The standard InChI is InChI=1S/C19H23NO2.C2H6/c1-4-15-6-5-7-16(18(15)20-2)11-8-14-9-12-17(13-10-14)19(21)22-3;1-2/h5-7,9-10,12-13,20H,4,8,11H2,1-3H3;1-2H3. The van der Waals surface area contributed by atoms with Crippen molar-refractivity contribution in [3.63, 3.8) is 0 Å². The predicted octanol–water partition coefficient (Wildman–Crippen LogP) is 4.89. The van der Waals surface area contributed by atoms with Crippen LogP contribution in [0.2, 0.25) is 0 Å². The predicted molar refractivity (Wildman–Crippen MR) is 102 cm³/mol. The van der Waals surface area contributed by atoms with Gasteiger partial charge in [0, 0.05) is 12.7 Å². The smallest absolute Gasteiger partial charge is 0.337 e. The molecule has 0 aromatic heterocycles. The van der Waals surface area contributed by atoms with Crippen molar-refractivity contribution in [2.75, 3.05) is 19.5 Å². The lowest BCUT2D eigenvalue weighted by atomic mass is 9.98. The molecule has 1 N–H and O–H groups in total. The fourth-order valence-electron chi connectivity index (χ4n) is 2.68. The van der Waals surface area contributed by atoms with Crippen LogP contribution in [-0.4, -0.2) is 20.1 Å². The summed E-state index contributed by atoms with van der Waals surface area (Å²) in [5, 5.41) is 3.32. The molecule has 130 valence electrons. The van der Waals surface area contributed by atoms with Crippen LogP contribution in [0.3, 0.4) is 0 Å². The van der Waals surface area contributed by atoms with E-state index in [4.69, 9.17) is 4.74 Å². The van der Waals surface area contributed by atoms with E-state index in [0.717, 1.165) is 19.3 Å². The average Bonchev–Trinajstić information content (AvgIpc) is 2.67. The van der Waals surface area contributed by atoms with Crippen LogP contribution in [0, 0.1) is 0 Å². The van der Waals surface area contributed by atoms with E-state index >= 15 is 0 Å². The Kier molecular flexibility index (Phi) is 8.63. The number of esters is 1. The van der Waals surface area contributed by atoms with Crippen molar-refractivity contribution >= 4 is 11.7 Å². The average molecular weight is 327 g/mol. The quantitative estimate of drug-likeness (QED) is 0.768. The molecular weight excluding hydrogens is 298 g/mol. The lowest BCUT2D eigenvalue weighted by Crippen LogP contribution is -2.03. The van der Waals surface area contributed by atoms with Crippen molar-refractivity contribution in [1.29, 1.82) is 0 Å². The maximum absolute atomic E-state index is 11.4. The number of para-hydroxylation sites is 1. The second kappa shape index (κ2) is 10.5. The third-order valence-electron chi connectivity index (χ3n) is 3.93. The Balaban J connectivity index is 0.00000139. The third kappa shape index (κ3) is 5.12. The first kappa shape index (κ1) is 19.8. The highest BCUT2D eigenvalue weighted by atomic mass is 16.5. The number of benzene rings is 2. The minimum absolute atomic E-state index is 0.292. The monoisotopic (exact) mass is 327 g/mol. The molecule has 0 saturated heterocycles. The summed E-state index contributed by atoms with van der Waals surface area (Å²) in [4.78, 5) is 11.4. The highest BCUT2D eigenvalue weighted by Gasteiger charge is 2.07. The van der Waals surface area contributed by atoms with Gasteiger partial charge in [0.2, 0.25) is 0 Å². The van der Waals surface area contributed by atoms with Crippen LogP contribution in [0.25, 0.3) is 0 Å². The molecule has 0 fully saturated rings. The van der Waals surface area contributed by atoms with Crippen molar-refractivity contribution in [1.82, 2.24) is 0 Å². The lowest BCUT2D eigenvalue weighted by molar-refractivity contribution is 0.0600. The number of carbonyl (C=O) groups is 1. The van der Waals surface area contributed by atoms with Crippen molar-refractivity contribution in [3.8, 4) is 0 Å². The molecule has 2 rings (SSSR count). The van der Waals surface area contributed by atoms with Crippen LogP contribution >= 0.6 is 0 Å². The van der Waals surface area contributed by atoms with Crippen molar-refractivity contribution in [2.24, 2.45) is 0 Å². The highest BCUT2D eigenvalue weighted by molar-refractivity contribution is 5.89. The van der Waals surface area contributed by atoms with Gasteiger partial charge in [0.25, 0.3) is 0 Å². The second-order valence-corrected chi connectivity index (χ2v) is 5.24. The van der Waals surface area contributed by atoms with Gasteiger partial charge >= 0.3 is 5.97 Å². The van der Waals surface area contributed by atoms with E-state index in [2.05, 4.69) is 30.4 Å². The molecule has 0 aliphatic carbocycles. The molecular formula is C21H29NO2. The summed E-state index contributed by atoms with van der Waals surface area (Å²) in [5.41, 5.74) is 5.74. The number of methoxy groups -OCH3 is 1. The normalized spacial score (nSPS) is 9.71. The van der Waals surface area contributed by atoms with Crippen LogP contribution in [0.15, 0.2) is 42.5 Å². The Morgan fingerprint density at radius 1 is 1.00 bits per heavy atom. The number of ether oxygens (including phenoxy) is 1. The Morgan fingerprint density at radius 2 is 1.62 bits per heavy atom. The lowest BCUT2D eigenvalue weighted by Gasteiger charge is -2.13. The van der Waals surface area contributed by atoms with Crippen LogP contribution in [-0.2, 0) is 24.0 Å². The molecule has 0 aliphatic heterocycles. The maximum Gasteiger partial charge on any atom is 0.337 e. The van der Waals surface area contributed by atoms with Gasteiger partial charge in [0.05, 0.1) is 12.7 Å². The SMILES string of the molecule is CC.CCc1cccc(CCc2ccc(C(=O)OC)cc2)c1NC. The number of carbonyl (C=O) groups excluding carboxylic acids is 1. The van der Waals surface area contributed by atoms with Gasteiger partial charge in [-0.05, 0) is 48.1 Å². The largest absolute Gasteiger partial charge is 0.465 e. The molecule has 0 aliphatic rings. The Bertz CT molecular complexity index is 633. The summed E-state index contributed by atoms with van der Waals surface area (Å²) in [7, 11) is 3.37. The summed E-state index contributed by atoms with van der Waals surface area (Å²) in [5.74, 6) is -0.292. The zero-order chi connectivity index (χ0) is 17.9. The summed E-state index contributed by atoms with van der Waals surface area (Å²) >= 11 is 0. The fraction of sp³-hybridized carbons (Fsp3) is 0.381. The summed E-state index contributed by atoms with van der Waals surface area (Å²) in [6.07, 6.45) is 2.95. The number of rotatable bonds is 6. The summed E-state index contributed by atoms with van der Waals surface area (Å²) in [6, 6.07) is 14.1. The number of hydrogen-bond donors (Lipinski definition) is 1. The number of anilines is 1. The van der Waals surface area contributed by atoms with Gasteiger partial charge in [0.15, 0.2) is 0 Å². The van der Waals surface area contributed by atoms with E-state index in [9.17, 15) is 4.79 Å². The van der Waals surface area contributed by atoms with Gasteiger partial charge in [-0.1, -0.05) is 51.1 Å².